The second-order valence-corrected chi connectivity index (χ2v) is 5.69. The number of benzene rings is 1. The van der Waals surface area contributed by atoms with Crippen molar-refractivity contribution in [2.75, 3.05) is 13.1 Å². The molecule has 0 radical (unpaired) electrons. The Morgan fingerprint density at radius 1 is 1.30 bits per heavy atom. The topological polar surface area (TPSA) is 41.6 Å². The molecule has 1 fully saturated rings. The molecule has 3 unspecified atom stereocenters. The third-order valence-corrected chi connectivity index (χ3v) is 3.70. The van der Waals surface area contributed by atoms with Crippen LogP contribution in [0.2, 0.25) is 0 Å². The second-order valence-electron chi connectivity index (χ2n) is 5.69. The molecule has 0 aliphatic carbocycles. The first-order valence-corrected chi connectivity index (χ1v) is 7.23. The minimum atomic E-state index is -0.0113. The van der Waals surface area contributed by atoms with Gasteiger partial charge in [0.2, 0.25) is 0 Å². The van der Waals surface area contributed by atoms with Crippen molar-refractivity contribution in [3.63, 3.8) is 0 Å². The summed E-state index contributed by atoms with van der Waals surface area (Å²) in [5.41, 5.74) is 2.36. The Labute approximate surface area is 121 Å². The molecule has 1 saturated heterocycles. The van der Waals surface area contributed by atoms with Gasteiger partial charge in [0.15, 0.2) is 0 Å². The Morgan fingerprint density at radius 2 is 1.90 bits per heavy atom. The Kier molecular flexibility index (Phi) is 4.65. The van der Waals surface area contributed by atoms with Crippen LogP contribution in [0.4, 0.5) is 4.79 Å². The van der Waals surface area contributed by atoms with Gasteiger partial charge in [0.25, 0.3) is 0 Å². The minimum Gasteiger partial charge on any atom is -0.372 e. The van der Waals surface area contributed by atoms with Gasteiger partial charge in [-0.2, -0.15) is 0 Å². The van der Waals surface area contributed by atoms with E-state index in [1.807, 2.05) is 37.8 Å². The number of morpholine rings is 1. The number of amides is 2. The molecule has 0 spiro atoms. The highest BCUT2D eigenvalue weighted by Gasteiger charge is 2.26. The molecular formula is C16H24N2O2. The molecule has 20 heavy (non-hydrogen) atoms. The molecule has 4 nitrogen and oxygen atoms in total. The van der Waals surface area contributed by atoms with Crippen molar-refractivity contribution < 1.29 is 9.53 Å². The van der Waals surface area contributed by atoms with Crippen LogP contribution in [0.15, 0.2) is 24.3 Å². The maximum absolute atomic E-state index is 12.3. The summed E-state index contributed by atoms with van der Waals surface area (Å²) >= 11 is 0. The number of hydrogen-bond donors (Lipinski definition) is 1. The molecule has 2 amide bonds. The van der Waals surface area contributed by atoms with Gasteiger partial charge in [-0.3, -0.25) is 0 Å². The van der Waals surface area contributed by atoms with E-state index in [-0.39, 0.29) is 24.3 Å². The monoisotopic (exact) mass is 276 g/mol. The highest BCUT2D eigenvalue weighted by Crippen LogP contribution is 2.18. The number of carbonyl (C=O) groups is 1. The zero-order valence-electron chi connectivity index (χ0n) is 12.7. The number of aryl methyl sites for hydroxylation is 1. The molecule has 1 aromatic carbocycles. The van der Waals surface area contributed by atoms with E-state index in [4.69, 9.17) is 4.74 Å². The lowest BCUT2D eigenvalue weighted by molar-refractivity contribution is -0.0547. The summed E-state index contributed by atoms with van der Waals surface area (Å²) in [5, 5.41) is 3.08. The maximum atomic E-state index is 12.3. The lowest BCUT2D eigenvalue weighted by Gasteiger charge is -2.36. The molecule has 0 bridgehead atoms. The van der Waals surface area contributed by atoms with E-state index in [0.29, 0.717) is 13.1 Å². The summed E-state index contributed by atoms with van der Waals surface area (Å²) < 4.78 is 5.65. The van der Waals surface area contributed by atoms with Gasteiger partial charge in [0.05, 0.1) is 18.2 Å². The number of urea groups is 1. The summed E-state index contributed by atoms with van der Waals surface area (Å²) in [7, 11) is 0. The molecule has 1 heterocycles. The van der Waals surface area contributed by atoms with Crippen LogP contribution in [-0.4, -0.2) is 36.2 Å². The molecule has 1 aliphatic rings. The third kappa shape index (κ3) is 3.51. The largest absolute Gasteiger partial charge is 0.372 e. The van der Waals surface area contributed by atoms with Crippen LogP contribution in [0, 0.1) is 6.92 Å². The average Bonchev–Trinajstić information content (AvgIpc) is 2.37. The van der Waals surface area contributed by atoms with E-state index in [0.717, 1.165) is 5.56 Å². The van der Waals surface area contributed by atoms with Crippen LogP contribution < -0.4 is 5.32 Å². The van der Waals surface area contributed by atoms with Crippen LogP contribution in [-0.2, 0) is 4.74 Å². The molecule has 4 heteroatoms. The average molecular weight is 276 g/mol. The molecule has 0 saturated carbocycles. The molecule has 3 atom stereocenters. The summed E-state index contributed by atoms with van der Waals surface area (Å²) in [6.45, 7) is 9.39. The SMILES string of the molecule is Cc1ccccc1C(C)NC(=O)N1CC(C)OC(C)C1. The number of ether oxygens (including phenoxy) is 1. The van der Waals surface area contributed by atoms with Crippen molar-refractivity contribution in [1.29, 1.82) is 0 Å². The number of rotatable bonds is 2. The third-order valence-electron chi connectivity index (χ3n) is 3.70. The van der Waals surface area contributed by atoms with E-state index in [2.05, 4.69) is 24.4 Å². The second kappa shape index (κ2) is 6.27. The van der Waals surface area contributed by atoms with Gasteiger partial charge in [-0.25, -0.2) is 4.79 Å². The lowest BCUT2D eigenvalue weighted by atomic mass is 10.0. The lowest BCUT2D eigenvalue weighted by Crippen LogP contribution is -2.52. The fourth-order valence-corrected chi connectivity index (χ4v) is 2.77. The van der Waals surface area contributed by atoms with Crippen LogP contribution >= 0.6 is 0 Å². The highest BCUT2D eigenvalue weighted by molar-refractivity contribution is 5.75. The van der Waals surface area contributed by atoms with Crippen LogP contribution in [0.25, 0.3) is 0 Å². The normalized spacial score (nSPS) is 24.3. The molecule has 1 N–H and O–H groups in total. The van der Waals surface area contributed by atoms with Gasteiger partial charge in [-0.05, 0) is 38.8 Å². The van der Waals surface area contributed by atoms with Crippen molar-refractivity contribution in [3.05, 3.63) is 35.4 Å². The first kappa shape index (κ1) is 14.9. The van der Waals surface area contributed by atoms with E-state index in [1.165, 1.54) is 5.56 Å². The van der Waals surface area contributed by atoms with Crippen molar-refractivity contribution in [1.82, 2.24) is 10.2 Å². The maximum Gasteiger partial charge on any atom is 0.318 e. The Morgan fingerprint density at radius 3 is 2.50 bits per heavy atom. The smallest absolute Gasteiger partial charge is 0.318 e. The van der Waals surface area contributed by atoms with Crippen LogP contribution in [0.3, 0.4) is 0 Å². The number of nitrogens with zero attached hydrogens (tertiary/aromatic N) is 1. The van der Waals surface area contributed by atoms with Gasteiger partial charge in [0, 0.05) is 13.1 Å². The summed E-state index contributed by atoms with van der Waals surface area (Å²) in [6, 6.07) is 8.14. The Hall–Kier alpha value is -1.55. The fourth-order valence-electron chi connectivity index (χ4n) is 2.77. The fraction of sp³-hybridized carbons (Fsp3) is 0.562. The van der Waals surface area contributed by atoms with Gasteiger partial charge in [-0.1, -0.05) is 24.3 Å². The molecule has 0 aromatic heterocycles. The number of carbonyl (C=O) groups excluding carboxylic acids is 1. The van der Waals surface area contributed by atoms with Crippen LogP contribution in [0.1, 0.15) is 37.9 Å². The zero-order valence-corrected chi connectivity index (χ0v) is 12.7. The van der Waals surface area contributed by atoms with Gasteiger partial charge >= 0.3 is 6.03 Å². The Balaban J connectivity index is 1.99. The number of nitrogens with one attached hydrogen (secondary N) is 1. The van der Waals surface area contributed by atoms with Crippen molar-refractivity contribution in [2.45, 2.75) is 45.9 Å². The molecule has 2 rings (SSSR count). The summed E-state index contributed by atoms with van der Waals surface area (Å²) in [4.78, 5) is 14.2. The summed E-state index contributed by atoms with van der Waals surface area (Å²) in [6.07, 6.45) is 0.191. The standard InChI is InChI=1S/C16H24N2O2/c1-11-7-5-6-8-15(11)14(4)17-16(19)18-9-12(2)20-13(3)10-18/h5-8,12-14H,9-10H2,1-4H3,(H,17,19). The van der Waals surface area contributed by atoms with E-state index in [9.17, 15) is 4.79 Å². The summed E-state index contributed by atoms with van der Waals surface area (Å²) in [5.74, 6) is 0. The quantitative estimate of drug-likeness (QED) is 0.902. The van der Waals surface area contributed by atoms with Gasteiger partial charge in [-0.15, -0.1) is 0 Å². The van der Waals surface area contributed by atoms with Crippen LogP contribution in [0.5, 0.6) is 0 Å². The van der Waals surface area contributed by atoms with Crippen molar-refractivity contribution >= 4 is 6.03 Å². The van der Waals surface area contributed by atoms with Crippen molar-refractivity contribution in [2.24, 2.45) is 0 Å². The first-order chi connectivity index (χ1) is 9.47. The minimum absolute atomic E-state index is 0.0113. The first-order valence-electron chi connectivity index (χ1n) is 7.23. The predicted molar refractivity (Wildman–Crippen MR) is 79.7 cm³/mol. The highest BCUT2D eigenvalue weighted by atomic mass is 16.5. The molecule has 110 valence electrons. The predicted octanol–water partition coefficient (Wildman–Crippen LogP) is 2.87. The number of hydrogen-bond acceptors (Lipinski definition) is 2. The zero-order chi connectivity index (χ0) is 14.7. The van der Waals surface area contributed by atoms with Crippen molar-refractivity contribution in [3.8, 4) is 0 Å². The Bertz CT molecular complexity index is 465. The van der Waals surface area contributed by atoms with E-state index < -0.39 is 0 Å². The van der Waals surface area contributed by atoms with E-state index >= 15 is 0 Å². The van der Waals surface area contributed by atoms with Gasteiger partial charge in [0.1, 0.15) is 0 Å². The molecular weight excluding hydrogens is 252 g/mol. The van der Waals surface area contributed by atoms with E-state index in [1.54, 1.807) is 0 Å². The van der Waals surface area contributed by atoms with Gasteiger partial charge < -0.3 is 15.0 Å². The molecule has 1 aliphatic heterocycles. The molecule has 1 aromatic rings.